The zero-order valence-electron chi connectivity index (χ0n) is 15.0. The quantitative estimate of drug-likeness (QED) is 0.759. The smallest absolute Gasteiger partial charge is 0.255 e. The molecule has 7 heteroatoms. The second kappa shape index (κ2) is 6.81. The average molecular weight is 356 g/mol. The molecule has 1 aromatic rings. The third-order valence-electron chi connectivity index (χ3n) is 5.53. The van der Waals surface area contributed by atoms with Crippen molar-refractivity contribution >= 4 is 17.7 Å². The lowest BCUT2D eigenvalue weighted by molar-refractivity contribution is -0.136. The number of nitrogens with zero attached hydrogens (tertiary/aromatic N) is 2. The van der Waals surface area contributed by atoms with Crippen LogP contribution in [-0.4, -0.2) is 59.2 Å². The van der Waals surface area contributed by atoms with Gasteiger partial charge in [-0.25, -0.2) is 0 Å². The standard InChI is InChI=1S/C19H24N4O3/c1-12-9-22(8-7-20-12)10-13-3-2-4-14-15(13)11-23(19(14)26)16-5-6-17(24)21-18(16)25/h2-4,12,16,20H,5-11H2,1H3,(H,21,24,25)/t12-,16?/m0/s1. The monoisotopic (exact) mass is 356 g/mol. The molecule has 3 aliphatic heterocycles. The maximum absolute atomic E-state index is 12.9. The number of piperazine rings is 1. The highest BCUT2D eigenvalue weighted by Crippen LogP contribution is 2.30. The van der Waals surface area contributed by atoms with Crippen LogP contribution >= 0.6 is 0 Å². The number of carbonyl (C=O) groups excluding carboxylic acids is 3. The van der Waals surface area contributed by atoms with Crippen LogP contribution in [0.2, 0.25) is 0 Å². The predicted octanol–water partition coefficient (Wildman–Crippen LogP) is 0.241. The summed E-state index contributed by atoms with van der Waals surface area (Å²) in [4.78, 5) is 40.5. The van der Waals surface area contributed by atoms with Crippen molar-refractivity contribution in [2.24, 2.45) is 0 Å². The molecule has 2 atom stereocenters. The molecule has 3 amide bonds. The van der Waals surface area contributed by atoms with Gasteiger partial charge in [-0.05, 0) is 30.5 Å². The van der Waals surface area contributed by atoms with Crippen molar-refractivity contribution in [1.82, 2.24) is 20.4 Å². The summed E-state index contributed by atoms with van der Waals surface area (Å²) in [6, 6.07) is 5.74. The van der Waals surface area contributed by atoms with Crippen molar-refractivity contribution in [3.05, 3.63) is 34.9 Å². The van der Waals surface area contributed by atoms with Crippen molar-refractivity contribution < 1.29 is 14.4 Å². The molecule has 2 fully saturated rings. The lowest BCUT2D eigenvalue weighted by Gasteiger charge is -2.32. The molecule has 7 nitrogen and oxygen atoms in total. The summed E-state index contributed by atoms with van der Waals surface area (Å²) >= 11 is 0. The van der Waals surface area contributed by atoms with E-state index in [1.54, 1.807) is 4.90 Å². The van der Waals surface area contributed by atoms with Gasteiger partial charge in [-0.1, -0.05) is 12.1 Å². The van der Waals surface area contributed by atoms with E-state index in [0.717, 1.165) is 37.3 Å². The number of imide groups is 1. The Bertz CT molecular complexity index is 763. The third-order valence-corrected chi connectivity index (χ3v) is 5.53. The number of hydrogen-bond acceptors (Lipinski definition) is 5. The van der Waals surface area contributed by atoms with Gasteiger partial charge in [0.05, 0.1) is 0 Å². The Morgan fingerprint density at radius 3 is 2.85 bits per heavy atom. The van der Waals surface area contributed by atoms with Crippen molar-refractivity contribution in [1.29, 1.82) is 0 Å². The lowest BCUT2D eigenvalue weighted by atomic mass is 10.0. The van der Waals surface area contributed by atoms with Crippen LogP contribution < -0.4 is 10.6 Å². The highest BCUT2D eigenvalue weighted by molar-refractivity contribution is 6.05. The molecule has 138 valence electrons. The minimum atomic E-state index is -0.556. The fraction of sp³-hybridized carbons (Fsp3) is 0.526. The molecule has 4 rings (SSSR count). The van der Waals surface area contributed by atoms with E-state index in [9.17, 15) is 14.4 Å². The van der Waals surface area contributed by atoms with Gasteiger partial charge in [0.2, 0.25) is 11.8 Å². The maximum atomic E-state index is 12.9. The number of piperidine rings is 1. The normalized spacial score (nSPS) is 26.8. The van der Waals surface area contributed by atoms with E-state index in [2.05, 4.69) is 28.5 Å². The summed E-state index contributed by atoms with van der Waals surface area (Å²) < 4.78 is 0. The number of carbonyl (C=O) groups is 3. The van der Waals surface area contributed by atoms with Crippen LogP contribution in [0.1, 0.15) is 41.3 Å². The second-order valence-corrected chi connectivity index (χ2v) is 7.43. The Morgan fingerprint density at radius 1 is 1.23 bits per heavy atom. The fourth-order valence-electron chi connectivity index (χ4n) is 4.19. The van der Waals surface area contributed by atoms with E-state index < -0.39 is 6.04 Å². The Kier molecular flexibility index (Phi) is 4.50. The Labute approximate surface area is 152 Å². The number of amides is 3. The van der Waals surface area contributed by atoms with E-state index in [0.29, 0.717) is 24.6 Å². The van der Waals surface area contributed by atoms with E-state index >= 15 is 0 Å². The lowest BCUT2D eigenvalue weighted by Crippen LogP contribution is -2.52. The average Bonchev–Trinajstić information content (AvgIpc) is 2.93. The summed E-state index contributed by atoms with van der Waals surface area (Å²) in [5, 5.41) is 5.79. The molecule has 26 heavy (non-hydrogen) atoms. The molecule has 0 aliphatic carbocycles. The molecule has 0 aromatic heterocycles. The van der Waals surface area contributed by atoms with Gasteiger partial charge in [-0.3, -0.25) is 24.6 Å². The van der Waals surface area contributed by atoms with Crippen LogP contribution in [0.3, 0.4) is 0 Å². The molecule has 2 N–H and O–H groups in total. The van der Waals surface area contributed by atoms with Crippen LogP contribution in [-0.2, 0) is 22.7 Å². The SMILES string of the molecule is C[C@H]1CN(Cc2cccc3c2CN(C2CCC(=O)NC2=O)C3=O)CCN1. The van der Waals surface area contributed by atoms with E-state index in [1.165, 1.54) is 0 Å². The summed E-state index contributed by atoms with van der Waals surface area (Å²) in [6.45, 7) is 6.37. The molecular formula is C19H24N4O3. The summed E-state index contributed by atoms with van der Waals surface area (Å²) in [5.41, 5.74) is 2.86. The van der Waals surface area contributed by atoms with Crippen molar-refractivity contribution in [3.63, 3.8) is 0 Å². The fourth-order valence-corrected chi connectivity index (χ4v) is 4.19. The van der Waals surface area contributed by atoms with E-state index in [-0.39, 0.29) is 24.1 Å². The van der Waals surface area contributed by atoms with Crippen LogP contribution in [0.5, 0.6) is 0 Å². The number of nitrogens with one attached hydrogen (secondary N) is 2. The maximum Gasteiger partial charge on any atom is 0.255 e. The zero-order valence-corrected chi connectivity index (χ0v) is 15.0. The second-order valence-electron chi connectivity index (χ2n) is 7.43. The zero-order chi connectivity index (χ0) is 18.3. The molecule has 1 aromatic carbocycles. The minimum Gasteiger partial charge on any atom is -0.322 e. The Balaban J connectivity index is 1.54. The van der Waals surface area contributed by atoms with E-state index in [1.807, 2.05) is 12.1 Å². The number of fused-ring (bicyclic) bond motifs is 1. The molecule has 0 spiro atoms. The van der Waals surface area contributed by atoms with E-state index in [4.69, 9.17) is 0 Å². The van der Waals surface area contributed by atoms with Crippen LogP contribution in [0.4, 0.5) is 0 Å². The molecule has 0 saturated carbocycles. The van der Waals surface area contributed by atoms with Gasteiger partial charge >= 0.3 is 0 Å². The molecule has 3 heterocycles. The first kappa shape index (κ1) is 17.2. The van der Waals surface area contributed by atoms with Gasteiger partial charge in [-0.2, -0.15) is 0 Å². The number of rotatable bonds is 3. The Hall–Kier alpha value is -2.25. The molecular weight excluding hydrogens is 332 g/mol. The predicted molar refractivity (Wildman–Crippen MR) is 95.2 cm³/mol. The first-order valence-corrected chi connectivity index (χ1v) is 9.24. The Morgan fingerprint density at radius 2 is 2.08 bits per heavy atom. The molecule has 0 bridgehead atoms. The molecule has 1 unspecified atom stereocenters. The first-order valence-electron chi connectivity index (χ1n) is 9.24. The van der Waals surface area contributed by atoms with Crippen molar-refractivity contribution in [3.8, 4) is 0 Å². The van der Waals surface area contributed by atoms with Gasteiger partial charge in [-0.15, -0.1) is 0 Å². The van der Waals surface area contributed by atoms with Crippen LogP contribution in [0.15, 0.2) is 18.2 Å². The summed E-state index contributed by atoms with van der Waals surface area (Å²) in [7, 11) is 0. The topological polar surface area (TPSA) is 81.8 Å². The number of benzene rings is 1. The van der Waals surface area contributed by atoms with Crippen molar-refractivity contribution in [2.75, 3.05) is 19.6 Å². The molecule has 0 radical (unpaired) electrons. The largest absolute Gasteiger partial charge is 0.322 e. The molecule has 3 aliphatic rings. The minimum absolute atomic E-state index is 0.106. The van der Waals surface area contributed by atoms with Gasteiger partial charge < -0.3 is 10.2 Å². The highest BCUT2D eigenvalue weighted by atomic mass is 16.2. The first-order chi connectivity index (χ1) is 12.5. The summed E-state index contributed by atoms with van der Waals surface area (Å²) in [6.07, 6.45) is 0.678. The van der Waals surface area contributed by atoms with Gasteiger partial charge in [0.1, 0.15) is 6.04 Å². The summed E-state index contributed by atoms with van der Waals surface area (Å²) in [5.74, 6) is -0.728. The number of hydrogen-bond donors (Lipinski definition) is 2. The van der Waals surface area contributed by atoms with Crippen molar-refractivity contribution in [2.45, 2.75) is 44.9 Å². The van der Waals surface area contributed by atoms with Gasteiger partial charge in [0, 0.05) is 50.7 Å². The highest BCUT2D eigenvalue weighted by Gasteiger charge is 2.39. The van der Waals surface area contributed by atoms with Crippen LogP contribution in [0, 0.1) is 0 Å². The molecule has 2 saturated heterocycles. The van der Waals surface area contributed by atoms with Crippen LogP contribution in [0.25, 0.3) is 0 Å². The third kappa shape index (κ3) is 3.12. The van der Waals surface area contributed by atoms with Gasteiger partial charge in [0.25, 0.3) is 5.91 Å². The van der Waals surface area contributed by atoms with Gasteiger partial charge in [0.15, 0.2) is 0 Å².